The summed E-state index contributed by atoms with van der Waals surface area (Å²) in [6.07, 6.45) is 0. The van der Waals surface area contributed by atoms with Crippen LogP contribution in [-0.4, -0.2) is 5.78 Å². The van der Waals surface area contributed by atoms with Gasteiger partial charge in [0, 0.05) is 0 Å². The maximum Gasteiger partial charge on any atom is 0.141 e. The van der Waals surface area contributed by atoms with Gasteiger partial charge in [0.25, 0.3) is 0 Å². The average molecular weight is 310 g/mol. The number of rotatable bonds is 3. The molecule has 3 aromatic rings. The lowest BCUT2D eigenvalue weighted by atomic mass is 9.87. The molecule has 116 valence electrons. The number of ketones is 1. The minimum absolute atomic E-state index is 0.187. The largest absolute Gasteiger partial charge is 0.299 e. The van der Waals surface area contributed by atoms with Gasteiger partial charge in [0.2, 0.25) is 0 Å². The minimum atomic E-state index is -0.196. The maximum absolute atomic E-state index is 12.5. The van der Waals surface area contributed by atoms with Gasteiger partial charge in [0.1, 0.15) is 5.78 Å². The Balaban J connectivity index is 2.07. The molecular weight excluding hydrogens is 292 g/mol. The molecule has 0 unspecified atom stereocenters. The Hall–Kier alpha value is -2.93. The van der Waals surface area contributed by atoms with Crippen LogP contribution >= 0.6 is 0 Å². The van der Waals surface area contributed by atoms with Gasteiger partial charge in [-0.15, -0.1) is 0 Å². The second-order valence-electron chi connectivity index (χ2n) is 6.15. The van der Waals surface area contributed by atoms with E-state index in [2.05, 4.69) is 48.5 Å². The molecule has 1 atom stereocenters. The van der Waals surface area contributed by atoms with Crippen LogP contribution in [0.3, 0.4) is 0 Å². The zero-order valence-electron chi connectivity index (χ0n) is 13.6. The monoisotopic (exact) mass is 310 g/mol. The molecular formula is C23H18O. The first-order valence-electron chi connectivity index (χ1n) is 8.22. The molecule has 0 spiro atoms. The maximum atomic E-state index is 12.5. The fraction of sp³-hybridized carbons (Fsp3) is 0.0870. The summed E-state index contributed by atoms with van der Waals surface area (Å²) in [5, 5.41) is 0. The van der Waals surface area contributed by atoms with Crippen LogP contribution in [0.1, 0.15) is 35.1 Å². The highest BCUT2D eigenvalue weighted by molar-refractivity contribution is 6.14. The number of carbonyl (C=O) groups excluding carboxylic acids is 1. The second kappa shape index (κ2) is 5.93. The first kappa shape index (κ1) is 14.6. The average Bonchev–Trinajstić information content (AvgIpc) is 2.98. The summed E-state index contributed by atoms with van der Waals surface area (Å²) in [6.45, 7) is 1.69. The highest BCUT2D eigenvalue weighted by atomic mass is 16.1. The number of Topliss-reactive ketones (excluding diaryl/α,β-unsaturated/α-hetero) is 1. The van der Waals surface area contributed by atoms with Gasteiger partial charge < -0.3 is 0 Å². The summed E-state index contributed by atoms with van der Waals surface area (Å²) >= 11 is 0. The van der Waals surface area contributed by atoms with Crippen molar-refractivity contribution < 1.29 is 4.79 Å². The predicted molar refractivity (Wildman–Crippen MR) is 98.7 cm³/mol. The van der Waals surface area contributed by atoms with Gasteiger partial charge in [-0.05, 0) is 40.3 Å². The fourth-order valence-corrected chi connectivity index (χ4v) is 3.69. The molecule has 1 aliphatic carbocycles. The molecule has 24 heavy (non-hydrogen) atoms. The molecule has 4 rings (SSSR count). The molecule has 0 saturated heterocycles. The third kappa shape index (κ3) is 2.30. The summed E-state index contributed by atoms with van der Waals surface area (Å²) in [5.41, 5.74) is 6.86. The van der Waals surface area contributed by atoms with Gasteiger partial charge in [-0.25, -0.2) is 0 Å². The highest BCUT2D eigenvalue weighted by Gasteiger charge is 2.35. The van der Waals surface area contributed by atoms with Crippen LogP contribution < -0.4 is 0 Å². The summed E-state index contributed by atoms with van der Waals surface area (Å²) in [6, 6.07) is 28.9. The lowest BCUT2D eigenvalue weighted by molar-refractivity contribution is -0.117. The van der Waals surface area contributed by atoms with Gasteiger partial charge in [-0.1, -0.05) is 84.9 Å². The normalized spacial score (nSPS) is 16.1. The Kier molecular flexibility index (Phi) is 3.62. The highest BCUT2D eigenvalue weighted by Crippen LogP contribution is 2.49. The van der Waals surface area contributed by atoms with Crippen LogP contribution in [0.2, 0.25) is 0 Å². The quantitative estimate of drug-likeness (QED) is 0.639. The zero-order chi connectivity index (χ0) is 16.5. The third-order valence-electron chi connectivity index (χ3n) is 4.65. The minimum Gasteiger partial charge on any atom is -0.299 e. The van der Waals surface area contributed by atoms with Crippen LogP contribution in [0.5, 0.6) is 0 Å². The van der Waals surface area contributed by atoms with Crippen LogP contribution in [0.15, 0.2) is 84.9 Å². The van der Waals surface area contributed by atoms with Crippen molar-refractivity contribution in [3.63, 3.8) is 0 Å². The second-order valence-corrected chi connectivity index (χ2v) is 6.15. The van der Waals surface area contributed by atoms with Crippen LogP contribution in [-0.2, 0) is 4.79 Å². The van der Waals surface area contributed by atoms with E-state index in [1.807, 2.05) is 36.4 Å². The number of benzene rings is 3. The molecule has 3 aromatic carbocycles. The number of fused-ring (bicyclic) bond motifs is 1. The molecule has 0 radical (unpaired) electrons. The van der Waals surface area contributed by atoms with Crippen molar-refractivity contribution in [1.82, 2.24) is 0 Å². The lowest BCUT2D eigenvalue weighted by Crippen LogP contribution is -2.08. The molecule has 0 bridgehead atoms. The van der Waals surface area contributed by atoms with E-state index in [9.17, 15) is 4.79 Å². The molecule has 1 heteroatoms. The zero-order valence-corrected chi connectivity index (χ0v) is 13.6. The lowest BCUT2D eigenvalue weighted by Gasteiger charge is -2.15. The molecule has 0 fully saturated rings. The van der Waals surface area contributed by atoms with E-state index in [0.29, 0.717) is 0 Å². The smallest absolute Gasteiger partial charge is 0.141 e. The van der Waals surface area contributed by atoms with Crippen LogP contribution in [0, 0.1) is 0 Å². The van der Waals surface area contributed by atoms with Gasteiger partial charge in [-0.2, -0.15) is 0 Å². The van der Waals surface area contributed by atoms with Gasteiger partial charge in [0.15, 0.2) is 0 Å². The molecule has 1 aliphatic rings. The first-order chi connectivity index (χ1) is 11.8. The first-order valence-corrected chi connectivity index (χ1v) is 8.22. The van der Waals surface area contributed by atoms with Crippen LogP contribution in [0.4, 0.5) is 0 Å². The summed E-state index contributed by atoms with van der Waals surface area (Å²) < 4.78 is 0. The SMILES string of the molecule is CC(=O)[C@H]1C(c2ccccc2)=C(c2ccccc2)c2ccccc21. The fourth-order valence-electron chi connectivity index (χ4n) is 3.69. The number of carbonyl (C=O) groups is 1. The molecule has 0 aromatic heterocycles. The summed E-state index contributed by atoms with van der Waals surface area (Å²) in [5.74, 6) is -0.00830. The van der Waals surface area contributed by atoms with Crippen molar-refractivity contribution >= 4 is 16.9 Å². The molecule has 0 aliphatic heterocycles. The Morgan fingerprint density at radius 2 is 1.25 bits per heavy atom. The van der Waals surface area contributed by atoms with E-state index >= 15 is 0 Å². The van der Waals surface area contributed by atoms with Crippen molar-refractivity contribution in [2.45, 2.75) is 12.8 Å². The van der Waals surface area contributed by atoms with E-state index in [0.717, 1.165) is 22.3 Å². The summed E-state index contributed by atoms with van der Waals surface area (Å²) in [7, 11) is 0. The third-order valence-corrected chi connectivity index (χ3v) is 4.65. The molecule has 0 heterocycles. The Morgan fingerprint density at radius 3 is 1.88 bits per heavy atom. The predicted octanol–water partition coefficient (Wildman–Crippen LogP) is 5.33. The van der Waals surface area contributed by atoms with E-state index in [4.69, 9.17) is 0 Å². The van der Waals surface area contributed by atoms with Crippen molar-refractivity contribution in [1.29, 1.82) is 0 Å². The van der Waals surface area contributed by atoms with E-state index in [1.54, 1.807) is 6.92 Å². The molecule has 0 amide bonds. The van der Waals surface area contributed by atoms with Crippen molar-refractivity contribution in [3.05, 3.63) is 107 Å². The number of hydrogen-bond donors (Lipinski definition) is 0. The van der Waals surface area contributed by atoms with Crippen molar-refractivity contribution in [2.24, 2.45) is 0 Å². The summed E-state index contributed by atoms with van der Waals surface area (Å²) in [4.78, 5) is 12.5. The van der Waals surface area contributed by atoms with Crippen molar-refractivity contribution in [2.75, 3.05) is 0 Å². The van der Waals surface area contributed by atoms with Gasteiger partial charge in [-0.3, -0.25) is 4.79 Å². The van der Waals surface area contributed by atoms with Crippen molar-refractivity contribution in [3.8, 4) is 0 Å². The Morgan fingerprint density at radius 1 is 0.708 bits per heavy atom. The van der Waals surface area contributed by atoms with Crippen LogP contribution in [0.25, 0.3) is 11.1 Å². The van der Waals surface area contributed by atoms with Gasteiger partial charge >= 0.3 is 0 Å². The van der Waals surface area contributed by atoms with E-state index in [-0.39, 0.29) is 11.7 Å². The molecule has 1 nitrogen and oxygen atoms in total. The number of hydrogen-bond acceptors (Lipinski definition) is 1. The Bertz CT molecular complexity index is 921. The van der Waals surface area contributed by atoms with E-state index < -0.39 is 0 Å². The Labute approximate surface area is 142 Å². The van der Waals surface area contributed by atoms with E-state index in [1.165, 1.54) is 11.1 Å². The molecule has 0 N–H and O–H groups in total. The number of allylic oxidation sites excluding steroid dienone is 1. The topological polar surface area (TPSA) is 17.1 Å². The standard InChI is InChI=1S/C23H18O/c1-16(24)21-19-14-8-9-15-20(19)22(17-10-4-2-5-11-17)23(21)18-12-6-3-7-13-18/h2-15,21H,1H3/t21-/m1/s1. The van der Waals surface area contributed by atoms with Gasteiger partial charge in [0.05, 0.1) is 5.92 Å². The molecule has 0 saturated carbocycles.